The first-order chi connectivity index (χ1) is 13.4. The van der Waals surface area contributed by atoms with E-state index in [1.165, 1.54) is 12.5 Å². The summed E-state index contributed by atoms with van der Waals surface area (Å²) in [5, 5.41) is 0. The number of nitrogens with zero attached hydrogens (tertiary/aromatic N) is 2. The molecule has 0 bridgehead atoms. The molecule has 0 spiro atoms. The fourth-order valence-electron chi connectivity index (χ4n) is 5.11. The number of hydrogen-bond donors (Lipinski definition) is 0. The molecule has 2 aliphatic heterocycles. The van der Waals surface area contributed by atoms with Gasteiger partial charge < -0.3 is 9.80 Å². The van der Waals surface area contributed by atoms with Crippen LogP contribution >= 0.6 is 0 Å². The van der Waals surface area contributed by atoms with E-state index in [9.17, 15) is 17.6 Å². The van der Waals surface area contributed by atoms with Gasteiger partial charge in [-0.1, -0.05) is 19.3 Å². The molecule has 4 rings (SSSR count). The Hall–Kier alpha value is -1.63. The van der Waals surface area contributed by atoms with E-state index in [-0.39, 0.29) is 41.9 Å². The zero-order valence-corrected chi connectivity index (χ0v) is 17.1. The molecule has 0 radical (unpaired) electrons. The van der Waals surface area contributed by atoms with Gasteiger partial charge in [-0.25, -0.2) is 12.8 Å². The summed E-state index contributed by atoms with van der Waals surface area (Å²) in [5.41, 5.74) is 1.88. The number of aryl methyl sites for hydroxylation is 1. The van der Waals surface area contributed by atoms with Gasteiger partial charge >= 0.3 is 0 Å². The predicted octanol–water partition coefficient (Wildman–Crippen LogP) is 2.93. The summed E-state index contributed by atoms with van der Waals surface area (Å²) in [6.07, 6.45) is 7.57. The number of carbonyl (C=O) groups is 1. The highest BCUT2D eigenvalue weighted by atomic mass is 32.2. The minimum atomic E-state index is -3.05. The second-order valence-electron chi connectivity index (χ2n) is 8.45. The van der Waals surface area contributed by atoms with Gasteiger partial charge in [-0.2, -0.15) is 0 Å². The Morgan fingerprint density at radius 2 is 1.89 bits per heavy atom. The van der Waals surface area contributed by atoms with Crippen LogP contribution in [0, 0.1) is 5.82 Å². The molecule has 2 fully saturated rings. The third-order valence-electron chi connectivity index (χ3n) is 6.44. The number of carbonyl (C=O) groups excluding carboxylic acids is 1. The van der Waals surface area contributed by atoms with Gasteiger partial charge in [0.05, 0.1) is 18.1 Å². The molecule has 2 heterocycles. The molecule has 0 N–H and O–H groups in total. The van der Waals surface area contributed by atoms with Crippen molar-refractivity contribution in [1.82, 2.24) is 4.90 Å². The molecule has 1 unspecified atom stereocenters. The lowest BCUT2D eigenvalue weighted by molar-refractivity contribution is -0.135. The van der Waals surface area contributed by atoms with Crippen LogP contribution in [0.3, 0.4) is 0 Å². The Balaban J connectivity index is 1.55. The highest BCUT2D eigenvalue weighted by Crippen LogP contribution is 2.31. The average Bonchev–Trinajstić information content (AvgIpc) is 3.02. The molecule has 28 heavy (non-hydrogen) atoms. The van der Waals surface area contributed by atoms with Crippen molar-refractivity contribution in [3.63, 3.8) is 0 Å². The Morgan fingerprint density at radius 1 is 1.11 bits per heavy atom. The summed E-state index contributed by atoms with van der Waals surface area (Å²) >= 11 is 0. The summed E-state index contributed by atoms with van der Waals surface area (Å²) in [7, 11) is -3.05. The molecule has 1 amide bonds. The van der Waals surface area contributed by atoms with Gasteiger partial charge in [-0.15, -0.1) is 0 Å². The van der Waals surface area contributed by atoms with E-state index >= 15 is 0 Å². The van der Waals surface area contributed by atoms with Crippen LogP contribution in [-0.2, 0) is 21.1 Å². The summed E-state index contributed by atoms with van der Waals surface area (Å²) in [5.74, 6) is 0.0508. The van der Waals surface area contributed by atoms with Gasteiger partial charge in [-0.05, 0) is 55.9 Å². The topological polar surface area (TPSA) is 57.7 Å². The molecule has 1 aliphatic carbocycles. The molecular weight excluding hydrogens is 379 g/mol. The molecule has 1 aromatic rings. The Morgan fingerprint density at radius 3 is 2.61 bits per heavy atom. The van der Waals surface area contributed by atoms with Crippen molar-refractivity contribution < 1.29 is 17.6 Å². The maximum Gasteiger partial charge on any atom is 0.242 e. The van der Waals surface area contributed by atoms with Crippen molar-refractivity contribution in [2.75, 3.05) is 29.5 Å². The third kappa shape index (κ3) is 4.19. The van der Waals surface area contributed by atoms with Crippen molar-refractivity contribution in [2.24, 2.45) is 0 Å². The Kier molecular flexibility index (Phi) is 5.63. The van der Waals surface area contributed by atoms with Crippen molar-refractivity contribution in [3.8, 4) is 0 Å². The quantitative estimate of drug-likeness (QED) is 0.769. The number of anilines is 1. The van der Waals surface area contributed by atoms with Crippen LogP contribution in [0.25, 0.3) is 0 Å². The number of fused-ring (bicyclic) bond motifs is 1. The summed E-state index contributed by atoms with van der Waals surface area (Å²) in [4.78, 5) is 17.4. The normalized spacial score (nSPS) is 24.8. The van der Waals surface area contributed by atoms with Crippen molar-refractivity contribution in [2.45, 2.75) is 63.5 Å². The van der Waals surface area contributed by atoms with Crippen LogP contribution in [0.4, 0.5) is 10.1 Å². The maximum absolute atomic E-state index is 13.6. The van der Waals surface area contributed by atoms with E-state index in [2.05, 4.69) is 0 Å². The van der Waals surface area contributed by atoms with E-state index in [4.69, 9.17) is 0 Å². The molecular formula is C21H29FN2O3S. The SMILES string of the molecule is O=C(CN1CCCc2cc(F)ccc21)N(C1CCCCC1)C1CCS(=O)(=O)C1. The van der Waals surface area contributed by atoms with Crippen LogP contribution < -0.4 is 4.90 Å². The molecule has 154 valence electrons. The Labute approximate surface area is 166 Å². The first-order valence-corrected chi connectivity index (χ1v) is 12.3. The molecule has 1 aromatic carbocycles. The fraction of sp³-hybridized carbons (Fsp3) is 0.667. The number of benzene rings is 1. The maximum atomic E-state index is 13.6. The van der Waals surface area contributed by atoms with Crippen LogP contribution in [0.15, 0.2) is 18.2 Å². The van der Waals surface area contributed by atoms with Crippen molar-refractivity contribution in [3.05, 3.63) is 29.6 Å². The van der Waals surface area contributed by atoms with Gasteiger partial charge in [-0.3, -0.25) is 4.79 Å². The highest BCUT2D eigenvalue weighted by Gasteiger charge is 2.39. The van der Waals surface area contributed by atoms with E-state index in [0.29, 0.717) is 6.42 Å². The van der Waals surface area contributed by atoms with Crippen LogP contribution in [0.5, 0.6) is 0 Å². The molecule has 3 aliphatic rings. The molecule has 1 saturated heterocycles. The summed E-state index contributed by atoms with van der Waals surface area (Å²) in [6.45, 7) is 1.01. The van der Waals surface area contributed by atoms with Crippen LogP contribution in [0.1, 0.15) is 50.5 Å². The number of rotatable bonds is 4. The first-order valence-electron chi connectivity index (χ1n) is 10.5. The zero-order chi connectivity index (χ0) is 19.7. The fourth-order valence-corrected chi connectivity index (χ4v) is 6.82. The van der Waals surface area contributed by atoms with Gasteiger partial charge in [0.25, 0.3) is 0 Å². The first kappa shape index (κ1) is 19.7. The smallest absolute Gasteiger partial charge is 0.242 e. The van der Waals surface area contributed by atoms with E-state index < -0.39 is 9.84 Å². The summed E-state index contributed by atoms with van der Waals surface area (Å²) in [6, 6.07) is 4.73. The van der Waals surface area contributed by atoms with Gasteiger partial charge in [0.1, 0.15) is 5.82 Å². The minimum absolute atomic E-state index is 0.0196. The largest absolute Gasteiger partial charge is 0.362 e. The Bertz CT molecular complexity index is 836. The number of amides is 1. The van der Waals surface area contributed by atoms with E-state index in [1.54, 1.807) is 12.1 Å². The molecule has 7 heteroatoms. The zero-order valence-electron chi connectivity index (χ0n) is 16.3. The minimum Gasteiger partial charge on any atom is -0.362 e. The lowest BCUT2D eigenvalue weighted by Gasteiger charge is -2.40. The number of hydrogen-bond acceptors (Lipinski definition) is 4. The van der Waals surface area contributed by atoms with Crippen LogP contribution in [0.2, 0.25) is 0 Å². The second-order valence-corrected chi connectivity index (χ2v) is 10.7. The van der Waals surface area contributed by atoms with Gasteiger partial charge in [0, 0.05) is 24.3 Å². The molecule has 0 aromatic heterocycles. The third-order valence-corrected chi connectivity index (χ3v) is 8.19. The van der Waals surface area contributed by atoms with Gasteiger partial charge in [0.2, 0.25) is 5.91 Å². The lowest BCUT2D eigenvalue weighted by Crippen LogP contribution is -2.52. The standard InChI is InChI=1S/C21H29FN2O3S/c22-17-8-9-20-16(13-17)5-4-11-23(20)14-21(25)24(18-6-2-1-3-7-18)19-10-12-28(26,27)15-19/h8-9,13,18-19H,1-7,10-12,14-15H2. The van der Waals surface area contributed by atoms with E-state index in [1.807, 2.05) is 9.80 Å². The second kappa shape index (κ2) is 8.01. The number of sulfone groups is 1. The lowest BCUT2D eigenvalue weighted by atomic mass is 9.92. The molecule has 1 atom stereocenters. The van der Waals surface area contributed by atoms with Crippen molar-refractivity contribution in [1.29, 1.82) is 0 Å². The molecule has 1 saturated carbocycles. The van der Waals surface area contributed by atoms with Gasteiger partial charge in [0.15, 0.2) is 9.84 Å². The number of halogens is 1. The summed E-state index contributed by atoms with van der Waals surface area (Å²) < 4.78 is 37.7. The molecule has 5 nitrogen and oxygen atoms in total. The average molecular weight is 409 g/mol. The monoisotopic (exact) mass is 408 g/mol. The highest BCUT2D eigenvalue weighted by molar-refractivity contribution is 7.91. The van der Waals surface area contributed by atoms with E-state index in [0.717, 1.165) is 56.3 Å². The van der Waals surface area contributed by atoms with Crippen molar-refractivity contribution >= 4 is 21.4 Å². The predicted molar refractivity (Wildman–Crippen MR) is 108 cm³/mol. The van der Waals surface area contributed by atoms with Crippen LogP contribution in [-0.4, -0.2) is 55.9 Å².